The van der Waals surface area contributed by atoms with Crippen LogP contribution in [-0.4, -0.2) is 68.8 Å². The Bertz CT molecular complexity index is 1350. The van der Waals surface area contributed by atoms with Crippen molar-refractivity contribution in [1.82, 2.24) is 14.5 Å². The molecule has 0 radical (unpaired) electrons. The van der Waals surface area contributed by atoms with Gasteiger partial charge in [-0.25, -0.2) is 31.1 Å². The zero-order chi connectivity index (χ0) is 26.7. The monoisotopic (exact) mass is 545 g/mol. The minimum Gasteiger partial charge on any atom is -0.488 e. The number of hydrogen-bond acceptors (Lipinski definition) is 4. The maximum absolute atomic E-state index is 15.8. The summed E-state index contributed by atoms with van der Waals surface area (Å²) in [4.78, 5) is 16.1. The van der Waals surface area contributed by atoms with Crippen LogP contribution in [0.1, 0.15) is 18.4 Å². The Kier molecular flexibility index (Phi) is 6.34. The molecule has 1 spiro atoms. The lowest BCUT2D eigenvalue weighted by Gasteiger charge is -2.32. The van der Waals surface area contributed by atoms with Crippen LogP contribution in [0.15, 0.2) is 30.3 Å². The number of carbonyl (C=O) groups excluding carboxylic acids is 1. The van der Waals surface area contributed by atoms with Gasteiger partial charge in [-0.05, 0) is 30.9 Å². The van der Waals surface area contributed by atoms with Gasteiger partial charge in [0.25, 0.3) is 10.0 Å². The number of nitrogens with zero attached hydrogens (tertiary/aromatic N) is 2. The molecule has 5 rings (SSSR count). The molecule has 13 heteroatoms. The van der Waals surface area contributed by atoms with Crippen molar-refractivity contribution >= 4 is 16.1 Å². The standard InChI is InChI=1S/C24H24F5N3O4S/c1-31-7-8-36-20-16(10-14(25)11-17(20)26)15-4-2-3-13(19(15)27)9-18-21(30-37(34,35)22(28)29)24(5-6-24)12-32(18)23(31)33/h2-4,10-11,18,21-22,30H,5-9,12H2,1H3/t18-,21+/m0/s1. The Balaban J connectivity index is 1.64. The second-order valence-corrected chi connectivity index (χ2v) is 11.4. The number of alkyl halides is 2. The number of fused-ring (bicyclic) bond motifs is 5. The third-order valence-corrected chi connectivity index (χ3v) is 8.45. The molecule has 37 heavy (non-hydrogen) atoms. The van der Waals surface area contributed by atoms with Gasteiger partial charge in [0, 0.05) is 36.2 Å². The molecule has 2 aromatic carbocycles. The average molecular weight is 546 g/mol. The van der Waals surface area contributed by atoms with Gasteiger partial charge in [0.1, 0.15) is 18.2 Å². The Morgan fingerprint density at radius 2 is 1.86 bits per heavy atom. The van der Waals surface area contributed by atoms with E-state index in [-0.39, 0.29) is 48.6 Å². The lowest BCUT2D eigenvalue weighted by Crippen LogP contribution is -2.52. The molecule has 1 saturated carbocycles. The molecule has 0 unspecified atom stereocenters. The highest BCUT2D eigenvalue weighted by Gasteiger charge is 2.62. The maximum atomic E-state index is 15.8. The van der Waals surface area contributed by atoms with Crippen LogP contribution < -0.4 is 9.46 Å². The van der Waals surface area contributed by atoms with E-state index in [9.17, 15) is 30.8 Å². The van der Waals surface area contributed by atoms with E-state index in [1.54, 1.807) is 0 Å². The van der Waals surface area contributed by atoms with Crippen molar-refractivity contribution < 1.29 is 39.9 Å². The van der Waals surface area contributed by atoms with Crippen molar-refractivity contribution in [3.05, 3.63) is 53.3 Å². The van der Waals surface area contributed by atoms with Gasteiger partial charge in [-0.1, -0.05) is 18.2 Å². The number of benzene rings is 2. The summed E-state index contributed by atoms with van der Waals surface area (Å²) < 4.78 is 103. The van der Waals surface area contributed by atoms with Gasteiger partial charge < -0.3 is 14.5 Å². The van der Waals surface area contributed by atoms with Crippen molar-refractivity contribution in [1.29, 1.82) is 0 Å². The van der Waals surface area contributed by atoms with E-state index in [4.69, 9.17) is 4.74 Å². The van der Waals surface area contributed by atoms with Gasteiger partial charge in [0.05, 0.1) is 18.6 Å². The van der Waals surface area contributed by atoms with Gasteiger partial charge in [0.2, 0.25) is 0 Å². The molecular formula is C24H24F5N3O4S. The lowest BCUT2D eigenvalue weighted by molar-refractivity contribution is 0.145. The largest absolute Gasteiger partial charge is 0.488 e. The minimum absolute atomic E-state index is 0.0248. The van der Waals surface area contributed by atoms with Crippen LogP contribution in [0.4, 0.5) is 26.7 Å². The molecule has 3 aliphatic rings. The van der Waals surface area contributed by atoms with E-state index >= 15 is 4.39 Å². The second-order valence-electron chi connectivity index (χ2n) is 9.76. The number of nitrogens with one attached hydrogen (secondary N) is 1. The fraction of sp³-hybridized carbons (Fsp3) is 0.458. The number of carbonyl (C=O) groups is 1. The number of rotatable bonds is 3. The molecular weight excluding hydrogens is 521 g/mol. The van der Waals surface area contributed by atoms with Gasteiger partial charge in [0.15, 0.2) is 11.6 Å². The van der Waals surface area contributed by atoms with Crippen LogP contribution in [0.3, 0.4) is 0 Å². The van der Waals surface area contributed by atoms with Gasteiger partial charge in [-0.2, -0.15) is 8.78 Å². The van der Waals surface area contributed by atoms with Crippen LogP contribution in [0.2, 0.25) is 0 Å². The Hall–Kier alpha value is -2.93. The number of amides is 2. The predicted molar refractivity (Wildman–Crippen MR) is 123 cm³/mol. The van der Waals surface area contributed by atoms with E-state index in [1.165, 1.54) is 35.0 Å². The number of sulfonamides is 1. The number of halogens is 5. The highest BCUT2D eigenvalue weighted by Crippen LogP contribution is 2.56. The number of hydrogen-bond donors (Lipinski definition) is 1. The topological polar surface area (TPSA) is 79.0 Å². The first-order valence-electron chi connectivity index (χ1n) is 11.6. The molecule has 2 bridgehead atoms. The smallest absolute Gasteiger partial charge is 0.350 e. The Labute approximate surface area is 210 Å². The third-order valence-electron chi connectivity index (χ3n) is 7.40. The van der Waals surface area contributed by atoms with Gasteiger partial charge in [-0.3, -0.25) is 0 Å². The molecule has 1 saturated heterocycles. The third kappa shape index (κ3) is 4.52. The van der Waals surface area contributed by atoms with Crippen LogP contribution in [-0.2, 0) is 16.4 Å². The zero-order valence-electron chi connectivity index (χ0n) is 19.7. The van der Waals surface area contributed by atoms with E-state index in [0.29, 0.717) is 18.9 Å². The first-order chi connectivity index (χ1) is 17.4. The summed E-state index contributed by atoms with van der Waals surface area (Å²) in [5.41, 5.74) is -1.04. The molecule has 2 aromatic rings. The van der Waals surface area contributed by atoms with Crippen molar-refractivity contribution in [3.8, 4) is 16.9 Å². The van der Waals surface area contributed by atoms with Gasteiger partial charge >= 0.3 is 11.8 Å². The second kappa shape index (κ2) is 9.12. The summed E-state index contributed by atoms with van der Waals surface area (Å²) in [7, 11) is -3.55. The zero-order valence-corrected chi connectivity index (χ0v) is 20.5. The summed E-state index contributed by atoms with van der Waals surface area (Å²) in [5, 5.41) is 0. The van der Waals surface area contributed by atoms with Crippen molar-refractivity contribution in [2.24, 2.45) is 5.41 Å². The fourth-order valence-corrected chi connectivity index (χ4v) is 6.18. The predicted octanol–water partition coefficient (Wildman–Crippen LogP) is 3.73. The normalized spacial score (nSPS) is 23.2. The quantitative estimate of drug-likeness (QED) is 0.597. The minimum atomic E-state index is -5.01. The molecule has 2 aliphatic heterocycles. The number of urea groups is 1. The molecule has 2 amide bonds. The van der Waals surface area contributed by atoms with Crippen LogP contribution in [0.25, 0.3) is 11.1 Å². The summed E-state index contributed by atoms with van der Waals surface area (Å²) >= 11 is 0. The molecule has 7 nitrogen and oxygen atoms in total. The van der Waals surface area contributed by atoms with Gasteiger partial charge in [-0.15, -0.1) is 0 Å². The summed E-state index contributed by atoms with van der Waals surface area (Å²) in [6, 6.07) is 3.14. The lowest BCUT2D eigenvalue weighted by atomic mass is 9.91. The molecule has 2 atom stereocenters. The van der Waals surface area contributed by atoms with Crippen molar-refractivity contribution in [3.63, 3.8) is 0 Å². The number of likely N-dealkylation sites (N-methyl/N-ethyl adjacent to an activating group) is 1. The Morgan fingerprint density at radius 1 is 1.14 bits per heavy atom. The van der Waals surface area contributed by atoms with Crippen molar-refractivity contribution in [2.75, 3.05) is 26.7 Å². The molecule has 200 valence electrons. The first kappa shape index (κ1) is 25.7. The summed E-state index contributed by atoms with van der Waals surface area (Å²) in [6.45, 7) is -0.136. The van der Waals surface area contributed by atoms with Crippen LogP contribution in [0.5, 0.6) is 5.75 Å². The number of ether oxygens (including phenoxy) is 1. The highest BCUT2D eigenvalue weighted by atomic mass is 32.2. The van der Waals surface area contributed by atoms with Crippen molar-refractivity contribution in [2.45, 2.75) is 37.1 Å². The van der Waals surface area contributed by atoms with Crippen LogP contribution >= 0.6 is 0 Å². The molecule has 2 fully saturated rings. The molecule has 0 aromatic heterocycles. The SMILES string of the molecule is CN1CCOc2c(F)cc(F)cc2-c2cccc(c2F)C[C@H]2[C@@H](NS(=O)(=O)C(F)F)C3(CC3)CN2C1=O. The van der Waals surface area contributed by atoms with E-state index in [1.807, 2.05) is 0 Å². The molecule has 1 aliphatic carbocycles. The summed E-state index contributed by atoms with van der Waals surface area (Å²) in [5.74, 6) is -6.88. The Morgan fingerprint density at radius 3 is 2.54 bits per heavy atom. The van der Waals surface area contributed by atoms with Crippen LogP contribution in [0, 0.1) is 22.9 Å². The average Bonchev–Trinajstić information content (AvgIpc) is 3.55. The van der Waals surface area contributed by atoms with E-state index in [0.717, 1.165) is 6.07 Å². The fourth-order valence-electron chi connectivity index (χ4n) is 5.32. The maximum Gasteiger partial charge on any atom is 0.350 e. The molecule has 1 N–H and O–H groups in total. The summed E-state index contributed by atoms with van der Waals surface area (Å²) in [6.07, 6.45) is 0.793. The molecule has 2 heterocycles. The first-order valence-corrected chi connectivity index (χ1v) is 13.2. The van der Waals surface area contributed by atoms with E-state index in [2.05, 4.69) is 4.72 Å². The van der Waals surface area contributed by atoms with E-state index < -0.39 is 56.8 Å². The highest BCUT2D eigenvalue weighted by molar-refractivity contribution is 7.89.